The first-order valence-electron chi connectivity index (χ1n) is 8.83. The fraction of sp³-hybridized carbons (Fsp3) is 0.0500. The smallest absolute Gasteiger partial charge is 0.319 e. The molecule has 0 spiro atoms. The molecular weight excluding hydrogens is 370 g/mol. The molecule has 9 heteroatoms. The highest BCUT2D eigenvalue weighted by molar-refractivity contribution is 5.90. The second-order valence-corrected chi connectivity index (χ2v) is 6.17. The highest BCUT2D eigenvalue weighted by Gasteiger charge is 2.06. The molecule has 4 rings (SSSR count). The average Bonchev–Trinajstić information content (AvgIpc) is 3.28. The number of hydrogen-bond donors (Lipinski definition) is 3. The maximum Gasteiger partial charge on any atom is 0.319 e. The molecule has 0 aliphatic carbocycles. The van der Waals surface area contributed by atoms with E-state index in [0.717, 1.165) is 11.1 Å². The van der Waals surface area contributed by atoms with Gasteiger partial charge in [-0.25, -0.2) is 19.6 Å². The van der Waals surface area contributed by atoms with Crippen LogP contribution < -0.4 is 16.2 Å². The van der Waals surface area contributed by atoms with Crippen LogP contribution in [0.3, 0.4) is 0 Å². The number of carbonyl (C=O) groups excluding carboxylic acids is 1. The zero-order chi connectivity index (χ0) is 20.1. The molecule has 0 atom stereocenters. The van der Waals surface area contributed by atoms with Crippen LogP contribution in [0.1, 0.15) is 5.56 Å². The highest BCUT2D eigenvalue weighted by Crippen LogP contribution is 2.19. The van der Waals surface area contributed by atoms with Crippen molar-refractivity contribution >= 4 is 11.7 Å². The molecule has 0 unspecified atom stereocenters. The van der Waals surface area contributed by atoms with Gasteiger partial charge in [0.15, 0.2) is 5.82 Å². The number of H-pyrrole nitrogens is 1. The van der Waals surface area contributed by atoms with Gasteiger partial charge in [-0.3, -0.25) is 4.79 Å². The Morgan fingerprint density at radius 1 is 1.07 bits per heavy atom. The van der Waals surface area contributed by atoms with Crippen LogP contribution in [0.2, 0.25) is 0 Å². The third kappa shape index (κ3) is 4.53. The number of pyridine rings is 1. The number of hydrogen-bond acceptors (Lipinski definition) is 5. The largest absolute Gasteiger partial charge is 0.334 e. The number of aromatic nitrogens is 5. The number of nitrogens with one attached hydrogen (secondary N) is 3. The van der Waals surface area contributed by atoms with Crippen molar-refractivity contribution in [2.45, 2.75) is 6.54 Å². The van der Waals surface area contributed by atoms with E-state index in [-0.39, 0.29) is 11.6 Å². The molecule has 1 aromatic carbocycles. The molecule has 0 saturated carbocycles. The lowest BCUT2D eigenvalue weighted by Crippen LogP contribution is -2.28. The third-order valence-corrected chi connectivity index (χ3v) is 4.10. The molecule has 0 saturated heterocycles. The lowest BCUT2D eigenvalue weighted by atomic mass is 10.1. The monoisotopic (exact) mass is 387 g/mol. The van der Waals surface area contributed by atoms with Crippen LogP contribution in [0, 0.1) is 0 Å². The maximum absolute atomic E-state index is 12.3. The Kier molecular flexibility index (Phi) is 5.10. The van der Waals surface area contributed by atoms with E-state index < -0.39 is 0 Å². The Morgan fingerprint density at radius 3 is 2.79 bits per heavy atom. The lowest BCUT2D eigenvalue weighted by molar-refractivity contribution is 0.251. The minimum Gasteiger partial charge on any atom is -0.334 e. The molecule has 3 aromatic heterocycles. The van der Waals surface area contributed by atoms with E-state index in [1.807, 2.05) is 24.3 Å². The second kappa shape index (κ2) is 8.17. The Hall–Kier alpha value is -4.27. The first kappa shape index (κ1) is 18.1. The molecule has 29 heavy (non-hydrogen) atoms. The van der Waals surface area contributed by atoms with Crippen molar-refractivity contribution in [3.05, 3.63) is 89.1 Å². The van der Waals surface area contributed by atoms with E-state index in [4.69, 9.17) is 0 Å². The van der Waals surface area contributed by atoms with Crippen molar-refractivity contribution in [2.75, 3.05) is 5.32 Å². The summed E-state index contributed by atoms with van der Waals surface area (Å²) in [6.45, 7) is 0.337. The fourth-order valence-corrected chi connectivity index (χ4v) is 2.72. The summed E-state index contributed by atoms with van der Waals surface area (Å²) in [5.41, 5.74) is 2.62. The van der Waals surface area contributed by atoms with Gasteiger partial charge >= 0.3 is 6.03 Å². The van der Waals surface area contributed by atoms with Gasteiger partial charge in [0.1, 0.15) is 0 Å². The quantitative estimate of drug-likeness (QED) is 0.486. The molecule has 0 fully saturated rings. The zero-order valence-electron chi connectivity index (χ0n) is 15.2. The number of rotatable bonds is 5. The van der Waals surface area contributed by atoms with Crippen LogP contribution in [0.15, 0.2) is 78.0 Å². The first-order chi connectivity index (χ1) is 14.2. The van der Waals surface area contributed by atoms with E-state index in [1.165, 1.54) is 6.07 Å². The summed E-state index contributed by atoms with van der Waals surface area (Å²) in [5, 5.41) is 16.1. The van der Waals surface area contributed by atoms with Crippen molar-refractivity contribution < 1.29 is 4.79 Å². The Morgan fingerprint density at radius 2 is 2.00 bits per heavy atom. The Labute approximate surface area is 165 Å². The van der Waals surface area contributed by atoms with E-state index in [9.17, 15) is 9.59 Å². The van der Waals surface area contributed by atoms with Crippen LogP contribution in [0.4, 0.5) is 10.5 Å². The Bertz CT molecular complexity index is 1160. The van der Waals surface area contributed by atoms with Crippen LogP contribution >= 0.6 is 0 Å². The summed E-state index contributed by atoms with van der Waals surface area (Å²) in [4.78, 5) is 27.7. The summed E-state index contributed by atoms with van der Waals surface area (Å²) < 4.78 is 1.65. The van der Waals surface area contributed by atoms with Crippen molar-refractivity contribution in [3.63, 3.8) is 0 Å². The summed E-state index contributed by atoms with van der Waals surface area (Å²) in [6.07, 6.45) is 5.15. The van der Waals surface area contributed by atoms with E-state index in [1.54, 1.807) is 47.5 Å². The molecule has 144 valence electrons. The van der Waals surface area contributed by atoms with Gasteiger partial charge in [-0.2, -0.15) is 10.2 Å². The van der Waals surface area contributed by atoms with Gasteiger partial charge in [-0.1, -0.05) is 12.1 Å². The van der Waals surface area contributed by atoms with Gasteiger partial charge in [0.2, 0.25) is 0 Å². The highest BCUT2D eigenvalue weighted by atomic mass is 16.2. The number of urea groups is 1. The fourth-order valence-electron chi connectivity index (χ4n) is 2.72. The summed E-state index contributed by atoms with van der Waals surface area (Å²) in [7, 11) is 0. The van der Waals surface area contributed by atoms with Crippen LogP contribution in [0.5, 0.6) is 0 Å². The first-order valence-corrected chi connectivity index (χ1v) is 8.83. The lowest BCUT2D eigenvalue weighted by Gasteiger charge is -2.10. The number of anilines is 1. The second-order valence-electron chi connectivity index (χ2n) is 6.17. The molecule has 3 N–H and O–H groups in total. The number of amides is 2. The Balaban J connectivity index is 1.39. The summed E-state index contributed by atoms with van der Waals surface area (Å²) in [6, 6.07) is 15.4. The van der Waals surface area contributed by atoms with Crippen LogP contribution in [0.25, 0.3) is 17.1 Å². The molecule has 3 heterocycles. The topological polar surface area (TPSA) is 118 Å². The van der Waals surface area contributed by atoms with E-state index >= 15 is 0 Å². The molecule has 0 aliphatic heterocycles. The zero-order valence-corrected chi connectivity index (χ0v) is 15.2. The van der Waals surface area contributed by atoms with Gasteiger partial charge in [0.25, 0.3) is 5.56 Å². The number of carbonyl (C=O) groups is 1. The van der Waals surface area contributed by atoms with Gasteiger partial charge in [0.05, 0.1) is 5.69 Å². The SMILES string of the molecule is O=C(NCc1ccnc(-n2cccn2)c1)Nc1cccc(-c2ccc(=O)[nH]n2)c1. The van der Waals surface area contributed by atoms with Crippen molar-refractivity contribution in [3.8, 4) is 17.1 Å². The van der Waals surface area contributed by atoms with Crippen molar-refractivity contribution in [1.29, 1.82) is 0 Å². The van der Waals surface area contributed by atoms with Crippen LogP contribution in [-0.2, 0) is 6.54 Å². The molecule has 0 bridgehead atoms. The summed E-state index contributed by atoms with van der Waals surface area (Å²) >= 11 is 0. The van der Waals surface area contributed by atoms with E-state index in [0.29, 0.717) is 23.7 Å². The van der Waals surface area contributed by atoms with Gasteiger partial charge in [-0.05, 0) is 42.0 Å². The minimum absolute atomic E-state index is 0.269. The molecule has 9 nitrogen and oxygen atoms in total. The maximum atomic E-state index is 12.3. The molecule has 4 aromatic rings. The number of aromatic amines is 1. The average molecular weight is 387 g/mol. The van der Waals surface area contributed by atoms with Crippen LogP contribution in [-0.4, -0.2) is 31.0 Å². The van der Waals surface area contributed by atoms with Crippen molar-refractivity contribution in [2.24, 2.45) is 0 Å². The van der Waals surface area contributed by atoms with Gasteiger partial charge in [-0.15, -0.1) is 0 Å². The standard InChI is InChI=1S/C20H17N7O2/c28-19-6-5-17(25-26-19)15-3-1-4-16(12-15)24-20(29)22-13-14-7-9-21-18(11-14)27-10-2-8-23-27/h1-12H,13H2,(H,26,28)(H2,22,24,29). The molecule has 0 aliphatic rings. The molecule has 0 radical (unpaired) electrons. The molecule has 2 amide bonds. The predicted octanol–water partition coefficient (Wildman–Crippen LogP) is 2.34. The van der Waals surface area contributed by atoms with Gasteiger partial charge in [0, 0.05) is 42.5 Å². The van der Waals surface area contributed by atoms with Crippen molar-refractivity contribution in [1.82, 2.24) is 30.3 Å². The normalized spacial score (nSPS) is 10.5. The predicted molar refractivity (Wildman–Crippen MR) is 108 cm³/mol. The minimum atomic E-state index is -0.339. The molecular formula is C20H17N7O2. The number of nitrogens with zero attached hydrogens (tertiary/aromatic N) is 4. The van der Waals surface area contributed by atoms with Gasteiger partial charge < -0.3 is 10.6 Å². The van der Waals surface area contributed by atoms with E-state index in [2.05, 4.69) is 30.9 Å². The summed E-state index contributed by atoms with van der Waals surface area (Å²) in [5.74, 6) is 0.677. The third-order valence-electron chi connectivity index (χ3n) is 4.10. The number of benzene rings is 1.